The van der Waals surface area contributed by atoms with Crippen molar-refractivity contribution in [3.8, 4) is 0 Å². The van der Waals surface area contributed by atoms with Crippen LogP contribution >= 0.6 is 7.49 Å². The Bertz CT molecular complexity index is 1900. The van der Waals surface area contributed by atoms with E-state index in [4.69, 9.17) is 9.52 Å². The van der Waals surface area contributed by atoms with E-state index in [9.17, 15) is 0 Å². The second kappa shape index (κ2) is 16.4. The van der Waals surface area contributed by atoms with Gasteiger partial charge in [0.2, 0.25) is 0 Å². The molecule has 0 radical (unpaired) electrons. The molecule has 0 unspecified atom stereocenters. The van der Waals surface area contributed by atoms with Crippen LogP contribution in [-0.2, 0) is 10.1 Å². The van der Waals surface area contributed by atoms with Crippen molar-refractivity contribution in [3.05, 3.63) is 235 Å². The number of aliphatic imine (C=N–C) groups is 1. The number of benzene rings is 7. The molecule has 0 heterocycles. The van der Waals surface area contributed by atoms with Gasteiger partial charge in [0.05, 0.1) is 5.54 Å². The molecule has 0 aromatic heterocycles. The van der Waals surface area contributed by atoms with Gasteiger partial charge >= 0.3 is 0 Å². The first-order valence-electron chi connectivity index (χ1n) is 17.6. The normalized spacial score (nSPS) is 12.0. The second-order valence-electron chi connectivity index (χ2n) is 12.4. The third-order valence-electron chi connectivity index (χ3n) is 9.20. The van der Waals surface area contributed by atoms with Crippen LogP contribution in [0.25, 0.3) is 0 Å². The van der Waals surface area contributed by atoms with E-state index in [0.29, 0.717) is 12.4 Å². The fraction of sp³-hybridized carbons (Fsp3) is 0.0851. The van der Waals surface area contributed by atoms with Crippen LogP contribution in [0.2, 0.25) is 0 Å². The molecule has 0 aliphatic carbocycles. The number of hydrogen-bond donors (Lipinski definition) is 1. The highest BCUT2D eigenvalue weighted by molar-refractivity contribution is 7.92. The second-order valence-corrected chi connectivity index (χ2v) is 15.3. The van der Waals surface area contributed by atoms with Gasteiger partial charge in [-0.25, -0.2) is 4.99 Å². The van der Waals surface area contributed by atoms with E-state index in [1.165, 1.54) is 16.7 Å². The van der Waals surface area contributed by atoms with Crippen molar-refractivity contribution < 1.29 is 4.52 Å². The van der Waals surface area contributed by atoms with Gasteiger partial charge in [0, 0.05) is 12.1 Å². The van der Waals surface area contributed by atoms with Crippen molar-refractivity contribution in [1.82, 2.24) is 5.32 Å². The van der Waals surface area contributed by atoms with Gasteiger partial charge in [-0.15, -0.1) is 0 Å². The molecule has 0 bridgehead atoms. The summed E-state index contributed by atoms with van der Waals surface area (Å²) in [7, 11) is -2.62. The Labute approximate surface area is 302 Å². The number of nitrogens with zero attached hydrogens (tertiary/aromatic N) is 1. The number of hydrogen-bond acceptors (Lipinski definition) is 3. The molecule has 51 heavy (non-hydrogen) atoms. The zero-order chi connectivity index (χ0) is 34.6. The highest BCUT2D eigenvalue weighted by Gasteiger charge is 2.50. The maximum atomic E-state index is 7.48. The Balaban J connectivity index is 1.25. The summed E-state index contributed by atoms with van der Waals surface area (Å²) >= 11 is 0. The third kappa shape index (κ3) is 7.32. The lowest BCUT2D eigenvalue weighted by atomic mass is 9.77. The van der Waals surface area contributed by atoms with Crippen molar-refractivity contribution in [2.45, 2.75) is 12.0 Å². The molecule has 7 aromatic carbocycles. The van der Waals surface area contributed by atoms with Gasteiger partial charge in [-0.05, 0) is 78.2 Å². The SMILES string of the molecule is c1ccc(C(=NCCCNC(c2ccccc2)(c2ccccc2)c2ccccc2)O[P+](c2ccccc2)(c2ccccc2)c2ccccc2)cc1. The van der Waals surface area contributed by atoms with Crippen molar-refractivity contribution in [1.29, 1.82) is 0 Å². The Morgan fingerprint density at radius 1 is 0.451 bits per heavy atom. The summed E-state index contributed by atoms with van der Waals surface area (Å²) in [4.78, 5) is 5.28. The van der Waals surface area contributed by atoms with Crippen LogP contribution in [0.3, 0.4) is 0 Å². The topological polar surface area (TPSA) is 33.6 Å². The first-order valence-corrected chi connectivity index (χ1v) is 19.3. The van der Waals surface area contributed by atoms with E-state index in [0.717, 1.165) is 34.4 Å². The van der Waals surface area contributed by atoms with Gasteiger partial charge in [0.15, 0.2) is 0 Å². The maximum Gasteiger partial charge on any atom is 0.289 e. The fourth-order valence-electron chi connectivity index (χ4n) is 6.81. The molecular weight excluding hydrogens is 640 g/mol. The van der Waals surface area contributed by atoms with E-state index in [-0.39, 0.29) is 0 Å². The quantitative estimate of drug-likeness (QED) is 0.0433. The standard InChI is InChI=1S/C47H42N2OP/c1-8-23-39(24-9-1)46(50-51(43-31-16-5-17-32-43,44-33-18-6-19-34-44)45-35-20-7-21-36-45)48-37-22-38-49-47(40-25-10-2-11-26-40,41-27-12-3-13-28-41)42-29-14-4-15-30-42/h1-21,23-36,49H,22,37-38H2/q+1. The van der Waals surface area contributed by atoms with E-state index in [1.54, 1.807) is 0 Å². The first kappa shape index (κ1) is 33.9. The van der Waals surface area contributed by atoms with Crippen LogP contribution in [0.5, 0.6) is 0 Å². The van der Waals surface area contributed by atoms with Crippen LogP contribution in [0, 0.1) is 0 Å². The monoisotopic (exact) mass is 681 g/mol. The van der Waals surface area contributed by atoms with Gasteiger partial charge < -0.3 is 4.52 Å². The minimum Gasteiger partial charge on any atom is -0.314 e. The molecule has 250 valence electrons. The Kier molecular flexibility index (Phi) is 10.9. The van der Waals surface area contributed by atoms with Gasteiger partial charge in [0.1, 0.15) is 15.9 Å². The van der Waals surface area contributed by atoms with Gasteiger partial charge in [0.25, 0.3) is 13.4 Å². The van der Waals surface area contributed by atoms with E-state index >= 15 is 0 Å². The van der Waals surface area contributed by atoms with Crippen molar-refractivity contribution in [2.24, 2.45) is 4.99 Å². The van der Waals surface area contributed by atoms with Crippen molar-refractivity contribution in [2.75, 3.05) is 13.1 Å². The van der Waals surface area contributed by atoms with Crippen LogP contribution in [0.1, 0.15) is 28.7 Å². The van der Waals surface area contributed by atoms with Gasteiger partial charge in [-0.2, -0.15) is 0 Å². The van der Waals surface area contributed by atoms with Crippen LogP contribution in [-0.4, -0.2) is 19.0 Å². The predicted molar refractivity (Wildman–Crippen MR) is 216 cm³/mol. The Morgan fingerprint density at radius 3 is 1.16 bits per heavy atom. The summed E-state index contributed by atoms with van der Waals surface area (Å²) < 4.78 is 7.48. The molecule has 0 fully saturated rings. The van der Waals surface area contributed by atoms with Gasteiger partial charge in [-0.3, -0.25) is 5.32 Å². The lowest BCUT2D eigenvalue weighted by molar-refractivity contribution is 0.467. The molecule has 7 aromatic rings. The summed E-state index contributed by atoms with van der Waals surface area (Å²) in [5, 5.41) is 7.45. The molecular formula is C47H42N2OP+. The summed E-state index contributed by atoms with van der Waals surface area (Å²) in [6, 6.07) is 74.5. The minimum absolute atomic E-state index is 0.527. The van der Waals surface area contributed by atoms with Crippen LogP contribution in [0.4, 0.5) is 0 Å². The number of rotatable bonds is 13. The average Bonchev–Trinajstić information content (AvgIpc) is 3.23. The molecule has 0 saturated carbocycles. The van der Waals surface area contributed by atoms with Gasteiger partial charge in [-0.1, -0.05) is 164 Å². The zero-order valence-electron chi connectivity index (χ0n) is 28.6. The zero-order valence-corrected chi connectivity index (χ0v) is 29.5. The van der Waals surface area contributed by atoms with Crippen molar-refractivity contribution in [3.63, 3.8) is 0 Å². The highest BCUT2D eigenvalue weighted by atomic mass is 31.2. The molecule has 4 heteroatoms. The van der Waals surface area contributed by atoms with E-state index in [1.807, 2.05) is 6.07 Å². The first-order chi connectivity index (χ1) is 25.3. The molecule has 7 rings (SSSR count). The largest absolute Gasteiger partial charge is 0.314 e. The summed E-state index contributed by atoms with van der Waals surface area (Å²) in [6.07, 6.45) is 0.807. The third-order valence-corrected chi connectivity index (χ3v) is 12.7. The van der Waals surface area contributed by atoms with E-state index in [2.05, 4.69) is 212 Å². The highest BCUT2D eigenvalue weighted by Crippen LogP contribution is 2.57. The molecule has 0 spiro atoms. The number of nitrogens with one attached hydrogen (secondary N) is 1. The predicted octanol–water partition coefficient (Wildman–Crippen LogP) is 9.33. The molecule has 1 N–H and O–H groups in total. The Morgan fingerprint density at radius 2 is 0.784 bits per heavy atom. The molecule has 0 amide bonds. The summed E-state index contributed by atoms with van der Waals surface area (Å²) in [5.74, 6) is 0.654. The van der Waals surface area contributed by atoms with Crippen LogP contribution in [0.15, 0.2) is 217 Å². The summed E-state index contributed by atoms with van der Waals surface area (Å²) in [5.41, 5.74) is 4.03. The maximum absolute atomic E-state index is 7.48. The minimum atomic E-state index is -2.62. The molecule has 0 saturated heterocycles. The van der Waals surface area contributed by atoms with Crippen LogP contribution < -0.4 is 21.2 Å². The molecule has 3 nitrogen and oxygen atoms in total. The molecule has 0 aliphatic rings. The molecule has 0 atom stereocenters. The lowest BCUT2D eigenvalue weighted by Crippen LogP contribution is -2.45. The smallest absolute Gasteiger partial charge is 0.289 e. The Hall–Kier alpha value is -5.60. The lowest BCUT2D eigenvalue weighted by Gasteiger charge is -2.37. The van der Waals surface area contributed by atoms with Crippen molar-refractivity contribution >= 4 is 29.3 Å². The summed E-state index contributed by atoms with van der Waals surface area (Å²) in [6.45, 7) is 1.32. The molecule has 0 aliphatic heterocycles. The van der Waals surface area contributed by atoms with E-state index < -0.39 is 13.0 Å². The average molecular weight is 682 g/mol. The fourth-order valence-corrected chi connectivity index (χ4v) is 10.2.